The predicted octanol–water partition coefficient (Wildman–Crippen LogP) is 4.79. The minimum absolute atomic E-state index is 0.0365. The molecule has 7 heteroatoms. The summed E-state index contributed by atoms with van der Waals surface area (Å²) in [5.74, 6) is -0.399. The van der Waals surface area contributed by atoms with Gasteiger partial charge in [0.25, 0.3) is 5.56 Å². The second kappa shape index (κ2) is 6.54. The van der Waals surface area contributed by atoms with Crippen LogP contribution in [0.1, 0.15) is 20.9 Å². The average Bonchev–Trinajstić information content (AvgIpc) is 3.25. The number of aryl methyl sites for hydroxylation is 1. The minimum atomic E-state index is -0.399. The van der Waals surface area contributed by atoms with Crippen LogP contribution in [-0.4, -0.2) is 15.4 Å². The van der Waals surface area contributed by atoms with Crippen molar-refractivity contribution in [2.24, 2.45) is 0 Å². The molecule has 4 aromatic heterocycles. The summed E-state index contributed by atoms with van der Waals surface area (Å²) in [6, 6.07) is 15.1. The van der Waals surface area contributed by atoms with Crippen molar-refractivity contribution in [1.29, 1.82) is 0 Å². The van der Waals surface area contributed by atoms with Gasteiger partial charge >= 0.3 is 5.97 Å². The van der Waals surface area contributed by atoms with Crippen molar-refractivity contribution in [3.63, 3.8) is 0 Å². The van der Waals surface area contributed by atoms with Crippen LogP contribution in [0.4, 0.5) is 0 Å². The highest BCUT2D eigenvalue weighted by Crippen LogP contribution is 2.39. The van der Waals surface area contributed by atoms with Crippen LogP contribution in [0.3, 0.4) is 0 Å². The zero-order valence-corrected chi connectivity index (χ0v) is 16.5. The molecule has 0 saturated carbocycles. The molecule has 0 bridgehead atoms. The van der Waals surface area contributed by atoms with Gasteiger partial charge in [-0.2, -0.15) is 0 Å². The van der Waals surface area contributed by atoms with Crippen molar-refractivity contribution in [1.82, 2.24) is 9.38 Å². The van der Waals surface area contributed by atoms with Gasteiger partial charge in [0.15, 0.2) is 0 Å². The smallest absolute Gasteiger partial charge is 0.348 e. The lowest BCUT2D eigenvalue weighted by molar-refractivity contribution is 0.0473. The maximum absolute atomic E-state index is 12.5. The maximum Gasteiger partial charge on any atom is 0.348 e. The normalized spacial score (nSPS) is 11.5. The number of ether oxygens (including phenoxy) is 1. The van der Waals surface area contributed by atoms with Gasteiger partial charge in [0.1, 0.15) is 17.1 Å². The van der Waals surface area contributed by atoms with Gasteiger partial charge in [0.2, 0.25) is 0 Å². The third-order valence-electron chi connectivity index (χ3n) is 4.54. The highest BCUT2D eigenvalue weighted by molar-refractivity contribution is 7.33. The zero-order chi connectivity index (χ0) is 19.3. The number of hydrogen-bond acceptors (Lipinski definition) is 6. The summed E-state index contributed by atoms with van der Waals surface area (Å²) >= 11 is 3.10. The maximum atomic E-state index is 12.5. The van der Waals surface area contributed by atoms with Crippen molar-refractivity contribution < 1.29 is 9.53 Å². The van der Waals surface area contributed by atoms with Crippen LogP contribution in [0, 0.1) is 6.92 Å². The SMILES string of the molecule is Cc1cccn2c(=O)cc(COC(=O)c3cc4sc5ccccc5c4s3)nc12. The van der Waals surface area contributed by atoms with Crippen LogP contribution in [0.25, 0.3) is 25.1 Å². The molecule has 5 rings (SSSR count). The fourth-order valence-electron chi connectivity index (χ4n) is 3.19. The van der Waals surface area contributed by atoms with Gasteiger partial charge in [-0.05, 0) is 30.7 Å². The minimum Gasteiger partial charge on any atom is -0.455 e. The fraction of sp³-hybridized carbons (Fsp3) is 0.0952. The summed E-state index contributed by atoms with van der Waals surface area (Å²) < 4.78 is 10.3. The molecule has 0 atom stereocenters. The van der Waals surface area contributed by atoms with Crippen molar-refractivity contribution in [2.75, 3.05) is 0 Å². The van der Waals surface area contributed by atoms with Crippen molar-refractivity contribution >= 4 is 53.8 Å². The Morgan fingerprint density at radius 1 is 1.11 bits per heavy atom. The molecule has 0 amide bonds. The van der Waals surface area contributed by atoms with Crippen LogP contribution < -0.4 is 5.56 Å². The molecule has 5 aromatic rings. The van der Waals surface area contributed by atoms with Crippen LogP contribution >= 0.6 is 22.7 Å². The summed E-state index contributed by atoms with van der Waals surface area (Å²) in [6.45, 7) is 1.85. The molecule has 5 nitrogen and oxygen atoms in total. The van der Waals surface area contributed by atoms with E-state index in [9.17, 15) is 9.59 Å². The van der Waals surface area contributed by atoms with E-state index in [1.54, 1.807) is 23.6 Å². The number of rotatable bonds is 3. The quantitative estimate of drug-likeness (QED) is 0.404. The van der Waals surface area contributed by atoms with E-state index in [-0.39, 0.29) is 12.2 Å². The molecule has 0 saturated heterocycles. The van der Waals surface area contributed by atoms with E-state index in [2.05, 4.69) is 17.1 Å². The molecule has 0 fully saturated rings. The Kier molecular flexibility index (Phi) is 3.99. The van der Waals surface area contributed by atoms with Gasteiger partial charge in [-0.3, -0.25) is 9.20 Å². The lowest BCUT2D eigenvalue weighted by Crippen LogP contribution is -2.17. The van der Waals surface area contributed by atoms with E-state index >= 15 is 0 Å². The Bertz CT molecular complexity index is 1430. The van der Waals surface area contributed by atoms with E-state index in [1.165, 1.54) is 26.5 Å². The zero-order valence-electron chi connectivity index (χ0n) is 14.8. The molecule has 0 aliphatic heterocycles. The molecule has 0 radical (unpaired) electrons. The topological polar surface area (TPSA) is 60.7 Å². The molecule has 0 N–H and O–H groups in total. The van der Waals surface area contributed by atoms with Crippen LogP contribution in [-0.2, 0) is 11.3 Å². The van der Waals surface area contributed by atoms with Gasteiger partial charge in [-0.15, -0.1) is 22.7 Å². The molecule has 4 heterocycles. The molecule has 28 heavy (non-hydrogen) atoms. The number of fused-ring (bicyclic) bond motifs is 4. The van der Waals surface area contributed by atoms with Gasteiger partial charge in [-0.1, -0.05) is 24.3 Å². The number of benzene rings is 1. The Morgan fingerprint density at radius 3 is 2.86 bits per heavy atom. The Balaban J connectivity index is 1.41. The van der Waals surface area contributed by atoms with E-state index in [4.69, 9.17) is 4.74 Å². The molecule has 138 valence electrons. The lowest BCUT2D eigenvalue weighted by Gasteiger charge is -2.06. The first-order valence-electron chi connectivity index (χ1n) is 8.66. The lowest BCUT2D eigenvalue weighted by atomic mass is 10.2. The summed E-state index contributed by atoms with van der Waals surface area (Å²) in [6.07, 6.45) is 1.68. The number of aromatic nitrogens is 2. The van der Waals surface area contributed by atoms with Crippen LogP contribution in [0.5, 0.6) is 0 Å². The molecular formula is C21H14N2O3S2. The molecular weight excluding hydrogens is 392 g/mol. The summed E-state index contributed by atoms with van der Waals surface area (Å²) in [4.78, 5) is 29.8. The summed E-state index contributed by atoms with van der Waals surface area (Å²) in [5.41, 5.74) is 1.71. The number of thiophene rings is 2. The van der Waals surface area contributed by atoms with Crippen molar-refractivity contribution in [3.8, 4) is 0 Å². The summed E-state index contributed by atoms with van der Waals surface area (Å²) in [7, 11) is 0. The first-order chi connectivity index (χ1) is 13.6. The van der Waals surface area contributed by atoms with E-state index in [1.807, 2.05) is 31.2 Å². The fourth-order valence-corrected chi connectivity index (χ4v) is 5.61. The largest absolute Gasteiger partial charge is 0.455 e. The van der Waals surface area contributed by atoms with Gasteiger partial charge in [0.05, 0.1) is 10.4 Å². The third kappa shape index (κ3) is 2.80. The molecule has 0 spiro atoms. The first kappa shape index (κ1) is 17.1. The Morgan fingerprint density at radius 2 is 1.96 bits per heavy atom. The Hall–Kier alpha value is -3.03. The van der Waals surface area contributed by atoms with Crippen LogP contribution in [0.15, 0.2) is 59.5 Å². The predicted molar refractivity (Wildman–Crippen MR) is 113 cm³/mol. The Labute approximate surface area is 167 Å². The number of carbonyl (C=O) groups is 1. The van der Waals surface area contributed by atoms with Gasteiger partial charge in [0, 0.05) is 27.0 Å². The molecule has 1 aromatic carbocycles. The number of pyridine rings is 1. The van der Waals surface area contributed by atoms with E-state index in [0.29, 0.717) is 16.2 Å². The second-order valence-corrected chi connectivity index (χ2v) is 8.58. The molecule has 0 unspecified atom stereocenters. The van der Waals surface area contributed by atoms with Gasteiger partial charge < -0.3 is 4.74 Å². The summed E-state index contributed by atoms with van der Waals surface area (Å²) in [5, 5.41) is 1.16. The van der Waals surface area contributed by atoms with E-state index < -0.39 is 5.97 Å². The molecule has 0 aliphatic rings. The number of carbonyl (C=O) groups excluding carboxylic acids is 1. The molecule has 0 aliphatic carbocycles. The monoisotopic (exact) mass is 406 g/mol. The number of hydrogen-bond donors (Lipinski definition) is 0. The standard InChI is InChI=1S/C21H14N2O3S2/c1-12-5-4-8-23-18(24)9-13(22-20(12)23)11-26-21(25)17-10-16-19(28-17)14-6-2-3-7-15(14)27-16/h2-10H,11H2,1H3. The number of esters is 1. The van der Waals surface area contributed by atoms with E-state index in [0.717, 1.165) is 20.3 Å². The van der Waals surface area contributed by atoms with Crippen molar-refractivity contribution in [2.45, 2.75) is 13.5 Å². The highest BCUT2D eigenvalue weighted by atomic mass is 32.1. The first-order valence-corrected chi connectivity index (χ1v) is 10.3. The third-order valence-corrected chi connectivity index (χ3v) is 6.94. The average molecular weight is 406 g/mol. The highest BCUT2D eigenvalue weighted by Gasteiger charge is 2.16. The van der Waals surface area contributed by atoms with Crippen molar-refractivity contribution in [3.05, 3.63) is 81.2 Å². The van der Waals surface area contributed by atoms with Crippen LogP contribution in [0.2, 0.25) is 0 Å². The second-order valence-electron chi connectivity index (χ2n) is 6.45. The van der Waals surface area contributed by atoms with Gasteiger partial charge in [-0.25, -0.2) is 9.78 Å². The number of nitrogens with zero attached hydrogens (tertiary/aromatic N) is 2.